The summed E-state index contributed by atoms with van der Waals surface area (Å²) >= 11 is 1.15. The number of aromatic nitrogens is 3. The van der Waals surface area contributed by atoms with E-state index in [9.17, 15) is 4.79 Å². The van der Waals surface area contributed by atoms with E-state index in [-0.39, 0.29) is 29.6 Å². The van der Waals surface area contributed by atoms with E-state index in [1.165, 1.54) is 0 Å². The molecule has 0 aliphatic carbocycles. The van der Waals surface area contributed by atoms with Crippen LogP contribution in [0.4, 0.5) is 10.7 Å². The zero-order valence-corrected chi connectivity index (χ0v) is 14.3. The first-order chi connectivity index (χ1) is 12.1. The average Bonchev–Trinajstić information content (AvgIpc) is 3.26. The Kier molecular flexibility index (Phi) is 4.96. The van der Waals surface area contributed by atoms with Gasteiger partial charge < -0.3 is 16.2 Å². The van der Waals surface area contributed by atoms with Gasteiger partial charge in [0.1, 0.15) is 16.4 Å². The summed E-state index contributed by atoms with van der Waals surface area (Å²) in [5.41, 5.74) is 7.63. The Morgan fingerprint density at radius 2 is 2.24 bits per heavy atom. The van der Waals surface area contributed by atoms with Crippen LogP contribution in [0.1, 0.15) is 12.5 Å². The molecule has 8 nitrogen and oxygen atoms in total. The van der Waals surface area contributed by atoms with Gasteiger partial charge in [-0.1, -0.05) is 0 Å². The van der Waals surface area contributed by atoms with Crippen molar-refractivity contribution in [2.75, 3.05) is 11.9 Å². The average molecular weight is 358 g/mol. The summed E-state index contributed by atoms with van der Waals surface area (Å²) in [5, 5.41) is 17.0. The highest BCUT2D eigenvalue weighted by Crippen LogP contribution is 2.23. The van der Waals surface area contributed by atoms with Crippen molar-refractivity contribution < 1.29 is 5.11 Å². The van der Waals surface area contributed by atoms with Crippen molar-refractivity contribution in [3.63, 3.8) is 0 Å². The maximum atomic E-state index is 12.0. The molecule has 0 aliphatic heterocycles. The van der Waals surface area contributed by atoms with Gasteiger partial charge in [0, 0.05) is 18.1 Å². The Hall–Kier alpha value is -2.91. The molecule has 3 aromatic rings. The number of benzene rings is 1. The maximum absolute atomic E-state index is 12.0. The summed E-state index contributed by atoms with van der Waals surface area (Å²) < 4.78 is 4.40. The third-order valence-electron chi connectivity index (χ3n) is 3.47. The lowest BCUT2D eigenvalue weighted by molar-refractivity contribution is 0.274. The van der Waals surface area contributed by atoms with Crippen LogP contribution in [0.5, 0.6) is 0 Å². The fourth-order valence-electron chi connectivity index (χ4n) is 2.22. The zero-order chi connectivity index (χ0) is 17.8. The largest absolute Gasteiger partial charge is 0.394 e. The third-order valence-corrected chi connectivity index (χ3v) is 4.27. The molecule has 0 spiro atoms. The molecule has 1 unspecified atom stereocenters. The minimum Gasteiger partial charge on any atom is -0.394 e. The molecule has 0 saturated heterocycles. The number of aromatic amines is 1. The Morgan fingerprint density at radius 3 is 2.88 bits per heavy atom. The predicted octanol–water partition coefficient (Wildman–Crippen LogP) is 1.45. The summed E-state index contributed by atoms with van der Waals surface area (Å²) in [7, 11) is 0. The van der Waals surface area contributed by atoms with Gasteiger partial charge in [0.2, 0.25) is 0 Å². The van der Waals surface area contributed by atoms with Crippen molar-refractivity contribution in [3.8, 4) is 5.69 Å². The summed E-state index contributed by atoms with van der Waals surface area (Å²) in [6, 6.07) is 9.07. The van der Waals surface area contributed by atoms with Gasteiger partial charge in [-0.25, -0.2) is 4.68 Å². The molecule has 0 aliphatic rings. The maximum Gasteiger partial charge on any atom is 0.271 e. The molecule has 0 amide bonds. The predicted molar refractivity (Wildman–Crippen MR) is 99.1 cm³/mol. The van der Waals surface area contributed by atoms with Crippen LogP contribution in [0.25, 0.3) is 5.69 Å². The molecule has 9 heteroatoms. The smallest absolute Gasteiger partial charge is 0.271 e. The van der Waals surface area contributed by atoms with Crippen molar-refractivity contribution in [1.82, 2.24) is 14.2 Å². The number of nitrogens with zero attached hydrogens (tertiary/aromatic N) is 3. The van der Waals surface area contributed by atoms with Crippen LogP contribution in [0, 0.1) is 0 Å². The van der Waals surface area contributed by atoms with Gasteiger partial charge in [-0.15, -0.1) is 0 Å². The van der Waals surface area contributed by atoms with Gasteiger partial charge in [-0.3, -0.25) is 14.2 Å². The molecule has 25 heavy (non-hydrogen) atoms. The number of nitrogens with one attached hydrogen (secondary N) is 2. The number of aliphatic hydroxyl groups is 1. The topological polar surface area (TPSA) is 121 Å². The Morgan fingerprint density at radius 1 is 1.48 bits per heavy atom. The van der Waals surface area contributed by atoms with E-state index in [0.29, 0.717) is 5.00 Å². The second-order valence-electron chi connectivity index (χ2n) is 5.41. The standard InChI is InChI=1S/C16H18N6O2S/c1-10(9-23)19-14(17)13-15(24)21-25-16(13)20-11-3-5-12(6-4-11)22-8-2-7-18-22/h2-8,10,20,23H,9H2,1H3,(H2,17,19)(H,21,24). The summed E-state index contributed by atoms with van der Waals surface area (Å²) in [4.78, 5) is 16.2. The van der Waals surface area contributed by atoms with Crippen LogP contribution in [-0.2, 0) is 0 Å². The molecule has 0 saturated carbocycles. The second-order valence-corrected chi connectivity index (χ2v) is 6.22. The fourth-order valence-corrected chi connectivity index (χ4v) is 2.98. The number of hydrogen-bond acceptors (Lipinski definition) is 6. The van der Waals surface area contributed by atoms with Gasteiger partial charge in [-0.2, -0.15) is 5.10 Å². The van der Waals surface area contributed by atoms with E-state index in [2.05, 4.69) is 19.8 Å². The van der Waals surface area contributed by atoms with Gasteiger partial charge in [-0.05, 0) is 48.8 Å². The van der Waals surface area contributed by atoms with Crippen LogP contribution in [0.2, 0.25) is 0 Å². The van der Waals surface area contributed by atoms with Gasteiger partial charge in [0.25, 0.3) is 5.56 Å². The van der Waals surface area contributed by atoms with Gasteiger partial charge in [0.05, 0.1) is 18.3 Å². The molecule has 3 rings (SSSR count). The number of hydrogen-bond donors (Lipinski definition) is 4. The monoisotopic (exact) mass is 358 g/mol. The zero-order valence-electron chi connectivity index (χ0n) is 13.5. The van der Waals surface area contributed by atoms with E-state index in [0.717, 1.165) is 22.9 Å². The highest BCUT2D eigenvalue weighted by atomic mass is 32.1. The number of nitrogens with two attached hydrogens (primary N) is 1. The van der Waals surface area contributed by atoms with E-state index < -0.39 is 0 Å². The fraction of sp³-hybridized carbons (Fsp3) is 0.188. The highest BCUT2D eigenvalue weighted by molar-refractivity contribution is 7.10. The second kappa shape index (κ2) is 7.32. The molecule has 0 fully saturated rings. The molecule has 1 atom stereocenters. The molecule has 0 bridgehead atoms. The SMILES string of the molecule is CC(CO)N=C(N)c1c(Nc2ccc(-n3cccn3)cc2)s[nH]c1=O. The van der Waals surface area contributed by atoms with Crippen LogP contribution in [-0.4, -0.2) is 37.7 Å². The molecule has 1 aromatic carbocycles. The summed E-state index contributed by atoms with van der Waals surface area (Å²) in [6.07, 6.45) is 3.57. The van der Waals surface area contributed by atoms with Crippen molar-refractivity contribution in [2.24, 2.45) is 10.7 Å². The van der Waals surface area contributed by atoms with E-state index in [4.69, 9.17) is 10.8 Å². The van der Waals surface area contributed by atoms with Crippen LogP contribution >= 0.6 is 11.5 Å². The number of rotatable bonds is 6. The molecular weight excluding hydrogens is 340 g/mol. The molecule has 130 valence electrons. The van der Waals surface area contributed by atoms with Gasteiger partial charge >= 0.3 is 0 Å². The number of amidine groups is 1. The van der Waals surface area contributed by atoms with Crippen molar-refractivity contribution in [3.05, 3.63) is 58.6 Å². The first-order valence-corrected chi connectivity index (χ1v) is 8.43. The molecule has 2 heterocycles. The first kappa shape index (κ1) is 16.9. The van der Waals surface area contributed by atoms with E-state index in [1.807, 2.05) is 36.5 Å². The van der Waals surface area contributed by atoms with E-state index >= 15 is 0 Å². The Bertz CT molecular complexity index is 911. The van der Waals surface area contributed by atoms with Crippen LogP contribution < -0.4 is 16.6 Å². The molecular formula is C16H18N6O2S. The normalized spacial score (nSPS) is 13.0. The summed E-state index contributed by atoms with van der Waals surface area (Å²) in [5.74, 6) is 0.0970. The minimum absolute atomic E-state index is 0.0970. The number of aliphatic hydroxyl groups excluding tert-OH is 1. The number of anilines is 2. The van der Waals surface area contributed by atoms with Crippen molar-refractivity contribution in [1.29, 1.82) is 0 Å². The van der Waals surface area contributed by atoms with Crippen molar-refractivity contribution in [2.45, 2.75) is 13.0 Å². The van der Waals surface area contributed by atoms with Crippen LogP contribution in [0.15, 0.2) is 52.5 Å². The lowest BCUT2D eigenvalue weighted by Crippen LogP contribution is -2.24. The Balaban J connectivity index is 1.84. The number of H-pyrrole nitrogens is 1. The lowest BCUT2D eigenvalue weighted by Gasteiger charge is -2.08. The lowest BCUT2D eigenvalue weighted by atomic mass is 10.2. The van der Waals surface area contributed by atoms with E-state index in [1.54, 1.807) is 17.8 Å². The first-order valence-electron chi connectivity index (χ1n) is 7.61. The van der Waals surface area contributed by atoms with Crippen molar-refractivity contribution >= 4 is 28.1 Å². The summed E-state index contributed by atoms with van der Waals surface area (Å²) in [6.45, 7) is 1.58. The molecule has 0 radical (unpaired) electrons. The quantitative estimate of drug-likeness (QED) is 0.392. The molecule has 5 N–H and O–H groups in total. The third kappa shape index (κ3) is 3.78. The molecule has 2 aromatic heterocycles. The highest BCUT2D eigenvalue weighted by Gasteiger charge is 2.15. The minimum atomic E-state index is -0.375. The van der Waals surface area contributed by atoms with Gasteiger partial charge in [0.15, 0.2) is 0 Å². The Labute approximate surface area is 147 Å². The number of aliphatic imine (C=N–C) groups is 1. The van der Waals surface area contributed by atoms with Crippen LogP contribution in [0.3, 0.4) is 0 Å².